The summed E-state index contributed by atoms with van der Waals surface area (Å²) in [5, 5.41) is 15.6. The van der Waals surface area contributed by atoms with Gasteiger partial charge in [-0.15, -0.1) is 0 Å². The van der Waals surface area contributed by atoms with Gasteiger partial charge in [0.15, 0.2) is 0 Å². The predicted octanol–water partition coefficient (Wildman–Crippen LogP) is 5.38. The standard InChI is InChI=1S/C36H36F3N5O4/c1-21(2)16-30(33(47)44-20-35(18-27(44)19-40)28-10-5-6-11-29(28)42-34(35)48)43(4)32(46)22(3)41-31(45)25-9-7-8-24(17-25)23-12-14-26(15-13-23)36(37,38)39/h5-15,17,21-22,27,30H,16,18,20H2,1-4H3,(H,41,45)(H,42,48)/t22-,27-,30-,35-/m0/s1. The van der Waals surface area contributed by atoms with E-state index in [1.165, 1.54) is 48.0 Å². The van der Waals surface area contributed by atoms with Crippen LogP contribution in [0, 0.1) is 17.2 Å². The van der Waals surface area contributed by atoms with Crippen LogP contribution in [0.4, 0.5) is 18.9 Å². The number of likely N-dealkylation sites (tertiary alicyclic amines) is 1. The number of carbonyl (C=O) groups excluding carboxylic acids is 4. The van der Waals surface area contributed by atoms with Crippen molar-refractivity contribution in [3.05, 3.63) is 89.5 Å². The van der Waals surface area contributed by atoms with Gasteiger partial charge in [0.2, 0.25) is 17.7 Å². The van der Waals surface area contributed by atoms with Crippen LogP contribution in [0.25, 0.3) is 11.1 Å². The second kappa shape index (κ2) is 13.1. The first-order chi connectivity index (χ1) is 22.7. The first-order valence-corrected chi connectivity index (χ1v) is 15.6. The number of anilines is 1. The van der Waals surface area contributed by atoms with Crippen LogP contribution < -0.4 is 10.6 Å². The normalized spacial score (nSPS) is 19.8. The van der Waals surface area contributed by atoms with E-state index in [0.717, 1.165) is 17.7 Å². The molecule has 4 amide bonds. The van der Waals surface area contributed by atoms with E-state index >= 15 is 0 Å². The van der Waals surface area contributed by atoms with Gasteiger partial charge in [0, 0.05) is 31.3 Å². The van der Waals surface area contributed by atoms with Gasteiger partial charge in [0.05, 0.1) is 17.0 Å². The quantitative estimate of drug-likeness (QED) is 0.337. The molecule has 0 saturated carbocycles. The second-order valence-electron chi connectivity index (χ2n) is 12.8. The van der Waals surface area contributed by atoms with E-state index in [2.05, 4.69) is 16.7 Å². The van der Waals surface area contributed by atoms with Crippen molar-refractivity contribution in [2.24, 2.45) is 5.92 Å². The molecule has 0 unspecified atom stereocenters. The Labute approximate surface area is 276 Å². The number of carbonyl (C=O) groups is 4. The zero-order valence-corrected chi connectivity index (χ0v) is 27.0. The Hall–Kier alpha value is -5.18. The fraction of sp³-hybridized carbons (Fsp3) is 0.361. The summed E-state index contributed by atoms with van der Waals surface area (Å²) in [6.45, 7) is 5.30. The summed E-state index contributed by atoms with van der Waals surface area (Å²) < 4.78 is 39.0. The van der Waals surface area contributed by atoms with E-state index in [0.29, 0.717) is 16.8 Å². The fourth-order valence-electron chi connectivity index (χ4n) is 6.54. The third-order valence-corrected chi connectivity index (χ3v) is 9.10. The van der Waals surface area contributed by atoms with Gasteiger partial charge in [-0.05, 0) is 66.3 Å². The minimum Gasteiger partial charge on any atom is -0.341 e. The van der Waals surface area contributed by atoms with Crippen LogP contribution in [0.15, 0.2) is 72.8 Å². The SMILES string of the molecule is CC(C)C[C@@H](C(=O)N1C[C@]2(C[C@H]1C#N)C(=O)Nc1ccccc12)N(C)C(=O)[C@H](C)NC(=O)c1cccc(-c2ccc(C(F)(F)F)cc2)c1. The number of halogens is 3. The van der Waals surface area contributed by atoms with Crippen molar-refractivity contribution in [3.8, 4) is 17.2 Å². The molecular formula is C36H36F3N5O4. The molecule has 250 valence electrons. The maximum Gasteiger partial charge on any atom is 0.416 e. The summed E-state index contributed by atoms with van der Waals surface area (Å²) in [5.41, 5.74) is 0.710. The van der Waals surface area contributed by atoms with E-state index in [9.17, 15) is 37.6 Å². The van der Waals surface area contributed by atoms with Crippen molar-refractivity contribution < 1.29 is 32.3 Å². The molecule has 2 N–H and O–H groups in total. The molecule has 2 aliphatic heterocycles. The summed E-state index contributed by atoms with van der Waals surface area (Å²) >= 11 is 0. The number of amides is 4. The van der Waals surface area contributed by atoms with Crippen molar-refractivity contribution in [1.29, 1.82) is 5.26 Å². The first kappa shape index (κ1) is 34.2. The van der Waals surface area contributed by atoms with Gasteiger partial charge in [-0.3, -0.25) is 19.2 Å². The average molecular weight is 660 g/mol. The maximum absolute atomic E-state index is 14.2. The van der Waals surface area contributed by atoms with Gasteiger partial charge in [-0.2, -0.15) is 18.4 Å². The lowest BCUT2D eigenvalue weighted by Crippen LogP contribution is -2.55. The van der Waals surface area contributed by atoms with E-state index in [1.807, 2.05) is 19.9 Å². The maximum atomic E-state index is 14.2. The molecule has 1 spiro atoms. The molecule has 1 saturated heterocycles. The number of rotatable bonds is 8. The van der Waals surface area contributed by atoms with Crippen LogP contribution in [0.3, 0.4) is 0 Å². The van der Waals surface area contributed by atoms with Crippen LogP contribution in [0.2, 0.25) is 0 Å². The van der Waals surface area contributed by atoms with E-state index in [4.69, 9.17) is 0 Å². The molecule has 48 heavy (non-hydrogen) atoms. The highest BCUT2D eigenvalue weighted by atomic mass is 19.4. The molecule has 3 aromatic carbocycles. The molecule has 3 aromatic rings. The Balaban J connectivity index is 1.31. The van der Waals surface area contributed by atoms with E-state index < -0.39 is 53.0 Å². The minimum absolute atomic E-state index is 0.00883. The number of likely N-dealkylation sites (N-methyl/N-ethyl adjacent to an activating group) is 1. The molecular weight excluding hydrogens is 623 g/mol. The first-order valence-electron chi connectivity index (χ1n) is 15.6. The molecule has 0 aliphatic carbocycles. The summed E-state index contributed by atoms with van der Waals surface area (Å²) in [5.74, 6) is -1.86. The van der Waals surface area contributed by atoms with Crippen molar-refractivity contribution in [3.63, 3.8) is 0 Å². The lowest BCUT2D eigenvalue weighted by molar-refractivity contribution is -0.146. The Kier molecular flexibility index (Phi) is 9.35. The smallest absolute Gasteiger partial charge is 0.341 e. The molecule has 0 aromatic heterocycles. The molecule has 12 heteroatoms. The molecule has 1 fully saturated rings. The summed E-state index contributed by atoms with van der Waals surface area (Å²) in [7, 11) is 1.48. The van der Waals surface area contributed by atoms with E-state index in [-0.39, 0.29) is 36.8 Å². The number of hydrogen-bond donors (Lipinski definition) is 2. The molecule has 0 bridgehead atoms. The van der Waals surface area contributed by atoms with Gasteiger partial charge in [0.25, 0.3) is 5.91 Å². The monoisotopic (exact) mass is 659 g/mol. The van der Waals surface area contributed by atoms with Gasteiger partial charge >= 0.3 is 6.18 Å². The molecule has 4 atom stereocenters. The minimum atomic E-state index is -4.47. The van der Waals surface area contributed by atoms with Gasteiger partial charge in [-0.25, -0.2) is 0 Å². The summed E-state index contributed by atoms with van der Waals surface area (Å²) in [4.78, 5) is 57.0. The number of nitrogens with zero attached hydrogens (tertiary/aromatic N) is 3. The number of benzene rings is 3. The number of alkyl halides is 3. The van der Waals surface area contributed by atoms with Crippen LogP contribution >= 0.6 is 0 Å². The van der Waals surface area contributed by atoms with Crippen LogP contribution in [-0.4, -0.2) is 65.1 Å². The topological polar surface area (TPSA) is 123 Å². The number of fused-ring (bicyclic) bond motifs is 2. The number of hydrogen-bond acceptors (Lipinski definition) is 5. The van der Waals surface area contributed by atoms with Crippen LogP contribution in [0.5, 0.6) is 0 Å². The average Bonchev–Trinajstić information content (AvgIpc) is 3.59. The summed E-state index contributed by atoms with van der Waals surface area (Å²) in [6.07, 6.45) is -4.06. The molecule has 2 heterocycles. The van der Waals surface area contributed by atoms with Crippen molar-refractivity contribution in [2.45, 2.75) is 63.3 Å². The highest BCUT2D eigenvalue weighted by molar-refractivity contribution is 6.07. The Bertz CT molecular complexity index is 1790. The highest BCUT2D eigenvalue weighted by Gasteiger charge is 2.56. The Morgan fingerprint density at radius 3 is 2.38 bits per heavy atom. The van der Waals surface area contributed by atoms with Gasteiger partial charge < -0.3 is 20.4 Å². The number of nitriles is 1. The van der Waals surface area contributed by atoms with Crippen LogP contribution in [0.1, 0.15) is 55.1 Å². The van der Waals surface area contributed by atoms with Gasteiger partial charge in [-0.1, -0.05) is 56.3 Å². The molecule has 2 aliphatic rings. The Morgan fingerprint density at radius 1 is 1.04 bits per heavy atom. The van der Waals surface area contributed by atoms with Crippen molar-refractivity contribution >= 4 is 29.3 Å². The predicted molar refractivity (Wildman–Crippen MR) is 172 cm³/mol. The molecule has 5 rings (SSSR count). The largest absolute Gasteiger partial charge is 0.416 e. The van der Waals surface area contributed by atoms with Gasteiger partial charge in [0.1, 0.15) is 18.1 Å². The fourth-order valence-corrected chi connectivity index (χ4v) is 6.54. The number of nitrogens with one attached hydrogen (secondary N) is 2. The summed E-state index contributed by atoms with van der Waals surface area (Å²) in [6, 6.07) is 17.4. The Morgan fingerprint density at radius 2 is 1.73 bits per heavy atom. The number of para-hydroxylation sites is 1. The highest BCUT2D eigenvalue weighted by Crippen LogP contribution is 2.46. The third-order valence-electron chi connectivity index (χ3n) is 9.10. The second-order valence-corrected chi connectivity index (χ2v) is 12.8. The zero-order valence-electron chi connectivity index (χ0n) is 27.0. The van der Waals surface area contributed by atoms with Crippen molar-refractivity contribution in [2.75, 3.05) is 18.9 Å². The molecule has 0 radical (unpaired) electrons. The lowest BCUT2D eigenvalue weighted by atomic mass is 9.80. The lowest BCUT2D eigenvalue weighted by Gasteiger charge is -2.34. The molecule has 9 nitrogen and oxygen atoms in total. The van der Waals surface area contributed by atoms with E-state index in [1.54, 1.807) is 30.3 Å². The van der Waals surface area contributed by atoms with Crippen LogP contribution in [-0.2, 0) is 26.0 Å². The third kappa shape index (κ3) is 6.50. The van der Waals surface area contributed by atoms with Crippen molar-refractivity contribution in [1.82, 2.24) is 15.1 Å². The zero-order chi connectivity index (χ0) is 35.0.